The molecule has 0 radical (unpaired) electrons. The first kappa shape index (κ1) is 16.3. The lowest BCUT2D eigenvalue weighted by atomic mass is 10.0. The second kappa shape index (κ2) is 7.01. The van der Waals surface area contributed by atoms with Crippen molar-refractivity contribution in [2.75, 3.05) is 0 Å². The lowest BCUT2D eigenvalue weighted by Crippen LogP contribution is -1.97. The Hall–Kier alpha value is -3.13. The Morgan fingerprint density at radius 2 is 1.58 bits per heavy atom. The first-order chi connectivity index (χ1) is 12.7. The van der Waals surface area contributed by atoms with E-state index in [0.29, 0.717) is 5.92 Å². The molecule has 3 aromatic carbocycles. The molecule has 0 aliphatic rings. The first-order valence-corrected chi connectivity index (χ1v) is 9.01. The van der Waals surface area contributed by atoms with Crippen LogP contribution in [0.1, 0.15) is 31.0 Å². The second-order valence-electron chi connectivity index (χ2n) is 6.84. The lowest BCUT2D eigenvalue weighted by Gasteiger charge is -2.08. The quantitative estimate of drug-likeness (QED) is 0.378. The number of hydrogen-bond donors (Lipinski definition) is 0. The van der Waals surface area contributed by atoms with E-state index in [1.165, 1.54) is 16.3 Å². The minimum atomic E-state index is 0.540. The zero-order valence-electron chi connectivity index (χ0n) is 15.1. The van der Waals surface area contributed by atoms with E-state index in [9.17, 15) is 0 Å². The van der Waals surface area contributed by atoms with Gasteiger partial charge in [-0.2, -0.15) is 0 Å². The van der Waals surface area contributed by atoms with Crippen LogP contribution in [0.25, 0.3) is 16.5 Å². The van der Waals surface area contributed by atoms with E-state index < -0.39 is 0 Å². The molecule has 0 aliphatic carbocycles. The van der Waals surface area contributed by atoms with E-state index in [4.69, 9.17) is 0 Å². The van der Waals surface area contributed by atoms with E-state index in [-0.39, 0.29) is 0 Å². The smallest absolute Gasteiger partial charge is 0.0639 e. The third kappa shape index (κ3) is 3.31. The molecular formula is C24H22N2. The summed E-state index contributed by atoms with van der Waals surface area (Å²) in [6.45, 7) is 4.41. The molecule has 2 nitrogen and oxygen atoms in total. The molecule has 0 N–H and O–H groups in total. The fourth-order valence-electron chi connectivity index (χ4n) is 3.15. The monoisotopic (exact) mass is 338 g/mol. The van der Waals surface area contributed by atoms with Crippen LogP contribution in [0.4, 0.5) is 5.69 Å². The summed E-state index contributed by atoms with van der Waals surface area (Å²) < 4.78 is 2.17. The van der Waals surface area contributed by atoms with Crippen molar-refractivity contribution in [3.8, 4) is 5.69 Å². The first-order valence-electron chi connectivity index (χ1n) is 9.01. The van der Waals surface area contributed by atoms with Crippen LogP contribution in [0.2, 0.25) is 0 Å². The number of aromatic nitrogens is 1. The molecule has 0 saturated heterocycles. The molecule has 0 bridgehead atoms. The zero-order valence-corrected chi connectivity index (χ0v) is 15.1. The number of aliphatic imine (C=N–C) groups is 1. The van der Waals surface area contributed by atoms with Gasteiger partial charge in [-0.3, -0.25) is 4.99 Å². The summed E-state index contributed by atoms with van der Waals surface area (Å²) in [5.74, 6) is 0.540. The maximum absolute atomic E-state index is 4.65. The van der Waals surface area contributed by atoms with Gasteiger partial charge in [0.1, 0.15) is 0 Å². The summed E-state index contributed by atoms with van der Waals surface area (Å²) in [6, 6.07) is 27.6. The van der Waals surface area contributed by atoms with Crippen molar-refractivity contribution in [3.63, 3.8) is 0 Å². The Bertz CT molecular complexity index is 1050. The Morgan fingerprint density at radius 3 is 2.35 bits per heavy atom. The SMILES string of the molecule is CC(C)c1ccc(N=Cc2cccn2-c2ccc3ccccc3c2)cc1. The molecule has 4 rings (SSSR count). The van der Waals surface area contributed by atoms with E-state index in [2.05, 4.69) is 108 Å². The predicted octanol–water partition coefficient (Wildman–Crippen LogP) is 6.50. The van der Waals surface area contributed by atoms with Gasteiger partial charge in [-0.15, -0.1) is 0 Å². The largest absolute Gasteiger partial charge is 0.316 e. The van der Waals surface area contributed by atoms with Gasteiger partial charge in [0.25, 0.3) is 0 Å². The fourth-order valence-corrected chi connectivity index (χ4v) is 3.15. The van der Waals surface area contributed by atoms with Gasteiger partial charge in [-0.25, -0.2) is 0 Å². The number of fused-ring (bicyclic) bond motifs is 1. The normalized spacial score (nSPS) is 11.7. The number of hydrogen-bond acceptors (Lipinski definition) is 1. The van der Waals surface area contributed by atoms with Gasteiger partial charge < -0.3 is 4.57 Å². The average Bonchev–Trinajstić information content (AvgIpc) is 3.15. The van der Waals surface area contributed by atoms with Crippen molar-refractivity contribution >= 4 is 22.7 Å². The maximum Gasteiger partial charge on any atom is 0.0639 e. The van der Waals surface area contributed by atoms with Gasteiger partial charge in [0.05, 0.1) is 17.6 Å². The molecule has 0 unspecified atom stereocenters. The van der Waals surface area contributed by atoms with Crippen LogP contribution >= 0.6 is 0 Å². The molecule has 1 heterocycles. The van der Waals surface area contributed by atoms with Crippen LogP contribution in [-0.4, -0.2) is 10.8 Å². The van der Waals surface area contributed by atoms with Gasteiger partial charge in [0.15, 0.2) is 0 Å². The molecule has 0 fully saturated rings. The Kier molecular flexibility index (Phi) is 4.40. The standard InChI is InChI=1S/C24H22N2/c1-18(2)19-9-12-22(13-10-19)25-17-24-8-5-15-26(24)23-14-11-20-6-3-4-7-21(20)16-23/h3-18H,1-2H3. The highest BCUT2D eigenvalue weighted by atomic mass is 15.0. The molecule has 0 saturated carbocycles. The predicted molar refractivity (Wildman–Crippen MR) is 111 cm³/mol. The molecule has 2 heteroatoms. The molecule has 0 aliphatic heterocycles. The number of nitrogens with zero attached hydrogens (tertiary/aromatic N) is 2. The Balaban J connectivity index is 1.63. The lowest BCUT2D eigenvalue weighted by molar-refractivity contribution is 0.867. The molecular weight excluding hydrogens is 316 g/mol. The van der Waals surface area contributed by atoms with Crippen molar-refractivity contribution in [2.24, 2.45) is 4.99 Å². The van der Waals surface area contributed by atoms with Crippen molar-refractivity contribution in [2.45, 2.75) is 19.8 Å². The summed E-state index contributed by atoms with van der Waals surface area (Å²) >= 11 is 0. The van der Waals surface area contributed by atoms with Crippen LogP contribution in [-0.2, 0) is 0 Å². The van der Waals surface area contributed by atoms with Crippen molar-refractivity contribution in [3.05, 3.63) is 96.3 Å². The third-order valence-corrected chi connectivity index (χ3v) is 4.70. The molecule has 0 spiro atoms. The Labute approximate surface area is 154 Å². The van der Waals surface area contributed by atoms with Crippen LogP contribution in [0.3, 0.4) is 0 Å². The fraction of sp³-hybridized carbons (Fsp3) is 0.125. The van der Waals surface area contributed by atoms with E-state index >= 15 is 0 Å². The van der Waals surface area contributed by atoms with Gasteiger partial charge in [-0.1, -0.05) is 56.3 Å². The summed E-state index contributed by atoms with van der Waals surface area (Å²) in [4.78, 5) is 4.65. The Morgan fingerprint density at radius 1 is 0.808 bits per heavy atom. The molecule has 0 atom stereocenters. The molecule has 128 valence electrons. The van der Waals surface area contributed by atoms with Gasteiger partial charge in [0, 0.05) is 11.9 Å². The van der Waals surface area contributed by atoms with E-state index in [1.807, 2.05) is 6.21 Å². The number of rotatable bonds is 4. The van der Waals surface area contributed by atoms with Crippen LogP contribution in [0.5, 0.6) is 0 Å². The molecule has 0 amide bonds. The van der Waals surface area contributed by atoms with E-state index in [1.54, 1.807) is 0 Å². The molecule has 26 heavy (non-hydrogen) atoms. The van der Waals surface area contributed by atoms with Gasteiger partial charge in [0.2, 0.25) is 0 Å². The summed E-state index contributed by atoms with van der Waals surface area (Å²) in [5, 5.41) is 2.50. The highest BCUT2D eigenvalue weighted by Crippen LogP contribution is 2.21. The zero-order chi connectivity index (χ0) is 17.9. The van der Waals surface area contributed by atoms with Crippen LogP contribution < -0.4 is 0 Å². The van der Waals surface area contributed by atoms with Crippen molar-refractivity contribution in [1.29, 1.82) is 0 Å². The summed E-state index contributed by atoms with van der Waals surface area (Å²) in [6.07, 6.45) is 4.01. The van der Waals surface area contributed by atoms with Gasteiger partial charge in [-0.05, 0) is 58.7 Å². The minimum Gasteiger partial charge on any atom is -0.316 e. The second-order valence-corrected chi connectivity index (χ2v) is 6.84. The number of benzene rings is 3. The van der Waals surface area contributed by atoms with Crippen LogP contribution in [0, 0.1) is 0 Å². The highest BCUT2D eigenvalue weighted by molar-refractivity contribution is 5.86. The van der Waals surface area contributed by atoms with Gasteiger partial charge >= 0.3 is 0 Å². The maximum atomic E-state index is 4.65. The highest BCUT2D eigenvalue weighted by Gasteiger charge is 2.03. The summed E-state index contributed by atoms with van der Waals surface area (Å²) in [5.41, 5.74) is 4.52. The third-order valence-electron chi connectivity index (χ3n) is 4.70. The molecule has 4 aromatic rings. The van der Waals surface area contributed by atoms with E-state index in [0.717, 1.165) is 17.1 Å². The average molecular weight is 338 g/mol. The molecule has 1 aromatic heterocycles. The van der Waals surface area contributed by atoms with Crippen molar-refractivity contribution in [1.82, 2.24) is 4.57 Å². The van der Waals surface area contributed by atoms with Crippen LogP contribution in [0.15, 0.2) is 90.1 Å². The van der Waals surface area contributed by atoms with Crippen molar-refractivity contribution < 1.29 is 0 Å². The summed E-state index contributed by atoms with van der Waals surface area (Å²) in [7, 11) is 0. The topological polar surface area (TPSA) is 17.3 Å². The minimum absolute atomic E-state index is 0.540.